The molecule has 7 nitrogen and oxygen atoms in total. The number of rotatable bonds is 4. The number of aromatic nitrogens is 3. The van der Waals surface area contributed by atoms with Crippen LogP contribution in [0.1, 0.15) is 47.4 Å². The maximum Gasteiger partial charge on any atom is 0.255 e. The molecule has 7 heteroatoms. The lowest BCUT2D eigenvalue weighted by Crippen LogP contribution is -2.48. The second-order valence-electron chi connectivity index (χ2n) is 6.32. The summed E-state index contributed by atoms with van der Waals surface area (Å²) >= 11 is 0. The average Bonchev–Trinajstić information content (AvgIpc) is 3.16. The highest BCUT2D eigenvalue weighted by Crippen LogP contribution is 2.15. The van der Waals surface area contributed by atoms with Crippen LogP contribution in [0, 0.1) is 6.92 Å². The minimum Gasteiger partial charge on any atom is -0.367 e. The van der Waals surface area contributed by atoms with E-state index >= 15 is 0 Å². The highest BCUT2D eigenvalue weighted by Gasteiger charge is 2.24. The van der Waals surface area contributed by atoms with Crippen molar-refractivity contribution < 1.29 is 9.32 Å². The molecule has 1 aliphatic rings. The number of nitrogens with one attached hydrogen (secondary N) is 1. The summed E-state index contributed by atoms with van der Waals surface area (Å²) in [4.78, 5) is 24.0. The van der Waals surface area contributed by atoms with Crippen molar-refractivity contribution in [2.45, 2.75) is 33.2 Å². The molecule has 2 aromatic heterocycles. The Morgan fingerprint density at radius 2 is 2.04 bits per heavy atom. The predicted octanol–water partition coefficient (Wildman–Crippen LogP) is 1.79. The molecule has 23 heavy (non-hydrogen) atoms. The van der Waals surface area contributed by atoms with Gasteiger partial charge in [-0.2, -0.15) is 4.98 Å². The molecule has 1 N–H and O–H groups in total. The standard InChI is InChI=1S/C16H23N5O2/c1-11(2)15-18-14(23-19-15)10-20-4-6-21(7-5-20)16(22)13-9-17-8-12(13)3/h8-9,11,17H,4-7,10H2,1-3H3. The number of amides is 1. The van der Waals surface area contributed by atoms with E-state index in [1.807, 2.05) is 31.9 Å². The molecular formula is C16H23N5O2. The highest BCUT2D eigenvalue weighted by atomic mass is 16.5. The molecule has 0 unspecified atom stereocenters. The van der Waals surface area contributed by atoms with Gasteiger partial charge in [-0.1, -0.05) is 19.0 Å². The van der Waals surface area contributed by atoms with Crippen molar-refractivity contribution in [2.24, 2.45) is 0 Å². The van der Waals surface area contributed by atoms with Gasteiger partial charge >= 0.3 is 0 Å². The zero-order chi connectivity index (χ0) is 16.4. The molecular weight excluding hydrogens is 294 g/mol. The second kappa shape index (κ2) is 6.54. The Balaban J connectivity index is 1.54. The molecule has 1 fully saturated rings. The lowest BCUT2D eigenvalue weighted by molar-refractivity contribution is 0.0614. The molecule has 0 saturated carbocycles. The van der Waals surface area contributed by atoms with Gasteiger partial charge in [-0.3, -0.25) is 9.69 Å². The van der Waals surface area contributed by atoms with Gasteiger partial charge in [0.05, 0.1) is 12.1 Å². The van der Waals surface area contributed by atoms with Crippen LogP contribution in [-0.4, -0.2) is 57.0 Å². The number of nitrogens with zero attached hydrogens (tertiary/aromatic N) is 4. The van der Waals surface area contributed by atoms with Crippen molar-refractivity contribution in [3.05, 3.63) is 35.2 Å². The number of carbonyl (C=O) groups is 1. The summed E-state index contributed by atoms with van der Waals surface area (Å²) in [6.07, 6.45) is 3.63. The first-order chi connectivity index (χ1) is 11.0. The monoisotopic (exact) mass is 317 g/mol. The third-order valence-corrected chi connectivity index (χ3v) is 4.20. The summed E-state index contributed by atoms with van der Waals surface area (Å²) in [5, 5.41) is 3.99. The maximum absolute atomic E-state index is 12.5. The second-order valence-corrected chi connectivity index (χ2v) is 6.32. The molecule has 0 aliphatic carbocycles. The van der Waals surface area contributed by atoms with E-state index in [4.69, 9.17) is 4.52 Å². The smallest absolute Gasteiger partial charge is 0.255 e. The van der Waals surface area contributed by atoms with Crippen LogP contribution in [0.4, 0.5) is 0 Å². The topological polar surface area (TPSA) is 78.3 Å². The first kappa shape index (κ1) is 15.7. The van der Waals surface area contributed by atoms with Gasteiger partial charge in [0.1, 0.15) is 0 Å². The van der Waals surface area contributed by atoms with Crippen LogP contribution in [-0.2, 0) is 6.54 Å². The number of aryl methyl sites for hydroxylation is 1. The molecule has 2 aromatic rings. The summed E-state index contributed by atoms with van der Waals surface area (Å²) < 4.78 is 5.29. The van der Waals surface area contributed by atoms with E-state index in [9.17, 15) is 4.79 Å². The Bertz CT molecular complexity index is 668. The van der Waals surface area contributed by atoms with E-state index in [0.29, 0.717) is 25.5 Å². The van der Waals surface area contributed by atoms with E-state index in [1.54, 1.807) is 6.20 Å². The maximum atomic E-state index is 12.5. The summed E-state index contributed by atoms with van der Waals surface area (Å²) in [5.74, 6) is 1.77. The zero-order valence-electron chi connectivity index (χ0n) is 13.9. The van der Waals surface area contributed by atoms with Crippen LogP contribution in [0.25, 0.3) is 0 Å². The van der Waals surface area contributed by atoms with Crippen molar-refractivity contribution >= 4 is 5.91 Å². The number of piperazine rings is 1. The van der Waals surface area contributed by atoms with Crippen molar-refractivity contribution in [1.29, 1.82) is 0 Å². The van der Waals surface area contributed by atoms with Gasteiger partial charge in [0.25, 0.3) is 5.91 Å². The molecule has 124 valence electrons. The van der Waals surface area contributed by atoms with Crippen molar-refractivity contribution in [3.8, 4) is 0 Å². The molecule has 3 rings (SSSR count). The first-order valence-electron chi connectivity index (χ1n) is 8.02. The van der Waals surface area contributed by atoms with Crippen LogP contribution in [0.3, 0.4) is 0 Å². The number of hydrogen-bond acceptors (Lipinski definition) is 5. The normalized spacial score (nSPS) is 16.3. The minimum atomic E-state index is 0.100. The largest absolute Gasteiger partial charge is 0.367 e. The van der Waals surface area contributed by atoms with E-state index in [1.165, 1.54) is 0 Å². The summed E-state index contributed by atoms with van der Waals surface area (Å²) in [6.45, 7) is 9.74. The lowest BCUT2D eigenvalue weighted by Gasteiger charge is -2.33. The summed E-state index contributed by atoms with van der Waals surface area (Å²) in [5.41, 5.74) is 1.75. The molecule has 1 saturated heterocycles. The number of hydrogen-bond donors (Lipinski definition) is 1. The number of aromatic amines is 1. The van der Waals surface area contributed by atoms with Crippen LogP contribution >= 0.6 is 0 Å². The van der Waals surface area contributed by atoms with Gasteiger partial charge in [-0.05, 0) is 12.5 Å². The molecule has 0 bridgehead atoms. The Morgan fingerprint density at radius 3 is 2.61 bits per heavy atom. The van der Waals surface area contributed by atoms with Crippen molar-refractivity contribution in [2.75, 3.05) is 26.2 Å². The Hall–Kier alpha value is -2.15. The minimum absolute atomic E-state index is 0.100. The fourth-order valence-electron chi connectivity index (χ4n) is 2.71. The molecule has 0 spiro atoms. The molecule has 0 atom stereocenters. The third-order valence-electron chi connectivity index (χ3n) is 4.20. The van der Waals surface area contributed by atoms with Gasteiger partial charge in [0.2, 0.25) is 5.89 Å². The zero-order valence-corrected chi connectivity index (χ0v) is 13.9. The van der Waals surface area contributed by atoms with Crippen LogP contribution < -0.4 is 0 Å². The van der Waals surface area contributed by atoms with Crippen LogP contribution in [0.5, 0.6) is 0 Å². The van der Waals surface area contributed by atoms with Gasteiger partial charge in [-0.25, -0.2) is 0 Å². The van der Waals surface area contributed by atoms with E-state index in [0.717, 1.165) is 30.0 Å². The lowest BCUT2D eigenvalue weighted by atomic mass is 10.2. The Labute approximate surface area is 135 Å². The first-order valence-corrected chi connectivity index (χ1v) is 8.02. The molecule has 1 amide bonds. The third kappa shape index (κ3) is 3.44. The average molecular weight is 317 g/mol. The molecule has 3 heterocycles. The molecule has 0 radical (unpaired) electrons. The van der Waals surface area contributed by atoms with E-state index < -0.39 is 0 Å². The van der Waals surface area contributed by atoms with Crippen LogP contribution in [0.15, 0.2) is 16.9 Å². The van der Waals surface area contributed by atoms with Gasteiger partial charge < -0.3 is 14.4 Å². The molecule has 0 aromatic carbocycles. The number of carbonyl (C=O) groups excluding carboxylic acids is 1. The van der Waals surface area contributed by atoms with Crippen molar-refractivity contribution in [3.63, 3.8) is 0 Å². The van der Waals surface area contributed by atoms with Crippen molar-refractivity contribution in [1.82, 2.24) is 24.9 Å². The fraction of sp³-hybridized carbons (Fsp3) is 0.562. The summed E-state index contributed by atoms with van der Waals surface area (Å²) in [6, 6.07) is 0. The Kier molecular flexibility index (Phi) is 4.47. The molecule has 1 aliphatic heterocycles. The van der Waals surface area contributed by atoms with Crippen LogP contribution in [0.2, 0.25) is 0 Å². The SMILES string of the molecule is Cc1c[nH]cc1C(=O)N1CCN(Cc2nc(C(C)C)no2)CC1. The summed E-state index contributed by atoms with van der Waals surface area (Å²) in [7, 11) is 0. The fourth-order valence-corrected chi connectivity index (χ4v) is 2.71. The highest BCUT2D eigenvalue weighted by molar-refractivity contribution is 5.95. The van der Waals surface area contributed by atoms with Gasteiger partial charge in [0, 0.05) is 44.5 Å². The van der Waals surface area contributed by atoms with Gasteiger partial charge in [-0.15, -0.1) is 0 Å². The quantitative estimate of drug-likeness (QED) is 0.930. The van der Waals surface area contributed by atoms with Gasteiger partial charge in [0.15, 0.2) is 5.82 Å². The van der Waals surface area contributed by atoms with E-state index in [-0.39, 0.29) is 11.8 Å². The number of H-pyrrole nitrogens is 1. The Morgan fingerprint density at radius 1 is 1.30 bits per heavy atom. The van der Waals surface area contributed by atoms with E-state index in [2.05, 4.69) is 20.0 Å². The predicted molar refractivity (Wildman–Crippen MR) is 85.1 cm³/mol.